The molecule has 2 heterocycles. The molecular formula is C22H18ClF3N2O4S2. The maximum absolute atomic E-state index is 12.8. The number of hydrogen-bond acceptors (Lipinski definition) is 5. The monoisotopic (exact) mass is 530 g/mol. The minimum atomic E-state index is -4.46. The van der Waals surface area contributed by atoms with Gasteiger partial charge in [-0.15, -0.1) is 11.3 Å². The Balaban J connectivity index is 1.33. The number of nitrogens with zero attached hydrogens (tertiary/aromatic N) is 1. The van der Waals surface area contributed by atoms with Gasteiger partial charge in [-0.3, -0.25) is 4.79 Å². The first-order valence-electron chi connectivity index (χ1n) is 10.0. The minimum absolute atomic E-state index is 0.0502. The van der Waals surface area contributed by atoms with Gasteiger partial charge in [0.1, 0.15) is 21.8 Å². The van der Waals surface area contributed by atoms with Crippen LogP contribution in [0.3, 0.4) is 0 Å². The highest BCUT2D eigenvalue weighted by atomic mass is 35.5. The van der Waals surface area contributed by atoms with Crippen LogP contribution in [0.1, 0.15) is 17.5 Å². The van der Waals surface area contributed by atoms with Crippen LogP contribution in [-0.4, -0.2) is 31.2 Å². The highest BCUT2D eigenvalue weighted by molar-refractivity contribution is 7.91. The number of nitrogens with one attached hydrogen (secondary N) is 1. The number of hydrogen-bond donors (Lipinski definition) is 1. The van der Waals surface area contributed by atoms with Gasteiger partial charge in [0.2, 0.25) is 5.91 Å². The smallest absolute Gasteiger partial charge is 0.416 e. The molecule has 0 unspecified atom stereocenters. The molecule has 0 aliphatic carbocycles. The van der Waals surface area contributed by atoms with E-state index in [4.69, 9.17) is 16.3 Å². The number of carbonyl (C=O) groups excluding carboxylic acids is 1. The van der Waals surface area contributed by atoms with Gasteiger partial charge in [0.25, 0.3) is 10.0 Å². The van der Waals surface area contributed by atoms with Gasteiger partial charge in [-0.05, 0) is 54.4 Å². The van der Waals surface area contributed by atoms with Crippen molar-refractivity contribution in [2.75, 3.05) is 6.54 Å². The predicted octanol–water partition coefficient (Wildman–Crippen LogP) is 5.29. The van der Waals surface area contributed by atoms with Crippen LogP contribution in [0.15, 0.2) is 64.9 Å². The molecule has 0 radical (unpaired) electrons. The lowest BCUT2D eigenvalue weighted by Gasteiger charge is -2.37. The van der Waals surface area contributed by atoms with E-state index in [1.165, 1.54) is 24.3 Å². The molecule has 3 aromatic rings. The molecule has 1 N–H and O–H groups in total. The van der Waals surface area contributed by atoms with Gasteiger partial charge in [-0.2, -0.15) is 17.5 Å². The molecule has 1 saturated heterocycles. The molecule has 1 amide bonds. The highest BCUT2D eigenvalue weighted by Crippen LogP contribution is 2.34. The van der Waals surface area contributed by atoms with E-state index in [1.54, 1.807) is 24.3 Å². The molecule has 34 heavy (non-hydrogen) atoms. The van der Waals surface area contributed by atoms with Crippen molar-refractivity contribution in [3.8, 4) is 11.5 Å². The summed E-state index contributed by atoms with van der Waals surface area (Å²) in [6.45, 7) is 0.398. The molecule has 2 aromatic carbocycles. The molecule has 1 atom stereocenters. The van der Waals surface area contributed by atoms with Crippen molar-refractivity contribution in [2.24, 2.45) is 0 Å². The summed E-state index contributed by atoms with van der Waals surface area (Å²) >= 11 is 6.77. The van der Waals surface area contributed by atoms with E-state index in [0.29, 0.717) is 22.1 Å². The van der Waals surface area contributed by atoms with Gasteiger partial charge in [-0.25, -0.2) is 8.42 Å². The van der Waals surface area contributed by atoms with E-state index in [1.807, 2.05) is 0 Å². The number of carbonyl (C=O) groups is 1. The number of ether oxygens (including phenoxy) is 1. The van der Waals surface area contributed by atoms with E-state index in [9.17, 15) is 26.4 Å². The van der Waals surface area contributed by atoms with Gasteiger partial charge < -0.3 is 10.1 Å². The normalized spacial score (nSPS) is 16.6. The largest absolute Gasteiger partial charge is 0.457 e. The Morgan fingerprint density at radius 2 is 1.85 bits per heavy atom. The van der Waals surface area contributed by atoms with Crippen LogP contribution < -0.4 is 10.1 Å². The van der Waals surface area contributed by atoms with Crippen molar-refractivity contribution in [2.45, 2.75) is 29.4 Å². The zero-order valence-electron chi connectivity index (χ0n) is 17.4. The van der Waals surface area contributed by atoms with Crippen LogP contribution >= 0.6 is 22.9 Å². The maximum atomic E-state index is 12.8. The summed E-state index contributed by atoms with van der Waals surface area (Å²) in [6, 6.07) is 13.1. The van der Waals surface area contributed by atoms with E-state index < -0.39 is 33.7 Å². The van der Waals surface area contributed by atoms with Crippen molar-refractivity contribution in [3.05, 3.63) is 76.1 Å². The number of amides is 1. The van der Waals surface area contributed by atoms with Gasteiger partial charge in [-0.1, -0.05) is 29.8 Å². The number of alkyl halides is 3. The van der Waals surface area contributed by atoms with Crippen LogP contribution in [-0.2, 0) is 27.5 Å². The molecule has 0 bridgehead atoms. The Morgan fingerprint density at radius 1 is 1.12 bits per heavy atom. The SMILES string of the molecule is O=C(NCc1ccc(Oc2cccc(C(F)(F)F)c2)cc1)[C@@H]1CCN1S(=O)(=O)c1ccc(Cl)s1. The van der Waals surface area contributed by atoms with E-state index in [-0.39, 0.29) is 23.0 Å². The van der Waals surface area contributed by atoms with Gasteiger partial charge in [0.05, 0.1) is 9.90 Å². The first kappa shape index (κ1) is 24.5. The Bertz CT molecular complexity index is 1290. The molecule has 1 aromatic heterocycles. The molecule has 0 saturated carbocycles. The number of rotatable bonds is 7. The summed E-state index contributed by atoms with van der Waals surface area (Å²) in [5.41, 5.74) is -0.0953. The Labute approximate surface area is 203 Å². The van der Waals surface area contributed by atoms with Gasteiger partial charge >= 0.3 is 6.18 Å². The standard InChI is InChI=1S/C22H18ClF3N2O4S2/c23-19-8-9-20(33-19)34(30,31)28-11-10-18(28)21(29)27-13-14-4-6-16(7-5-14)32-17-3-1-2-15(12-17)22(24,25)26/h1-9,12,18H,10-11,13H2,(H,27,29)/t18-/m0/s1. The number of sulfonamides is 1. The molecule has 12 heteroatoms. The Morgan fingerprint density at radius 3 is 2.44 bits per heavy atom. The second-order valence-electron chi connectivity index (χ2n) is 7.47. The molecule has 1 fully saturated rings. The molecule has 6 nitrogen and oxygen atoms in total. The van der Waals surface area contributed by atoms with Crippen molar-refractivity contribution in [1.29, 1.82) is 0 Å². The van der Waals surface area contributed by atoms with Crippen LogP contribution in [0.2, 0.25) is 4.34 Å². The van der Waals surface area contributed by atoms with Gasteiger partial charge in [0.15, 0.2) is 0 Å². The minimum Gasteiger partial charge on any atom is -0.457 e. The molecule has 0 spiro atoms. The lowest BCUT2D eigenvalue weighted by atomic mass is 10.1. The Kier molecular flexibility index (Phi) is 6.90. The highest BCUT2D eigenvalue weighted by Gasteiger charge is 2.43. The quantitative estimate of drug-likeness (QED) is 0.450. The number of benzene rings is 2. The lowest BCUT2D eigenvalue weighted by Crippen LogP contribution is -2.57. The van der Waals surface area contributed by atoms with Crippen LogP contribution in [0.4, 0.5) is 13.2 Å². The average molecular weight is 531 g/mol. The van der Waals surface area contributed by atoms with Crippen molar-refractivity contribution in [3.63, 3.8) is 0 Å². The summed E-state index contributed by atoms with van der Waals surface area (Å²) in [4.78, 5) is 12.6. The summed E-state index contributed by atoms with van der Waals surface area (Å²) in [7, 11) is -3.79. The third kappa shape index (κ3) is 5.38. The fourth-order valence-corrected chi connectivity index (χ4v) is 6.56. The van der Waals surface area contributed by atoms with Crippen LogP contribution in [0.5, 0.6) is 11.5 Å². The topological polar surface area (TPSA) is 75.7 Å². The van der Waals surface area contributed by atoms with E-state index in [0.717, 1.165) is 27.8 Å². The zero-order valence-corrected chi connectivity index (χ0v) is 19.8. The first-order valence-corrected chi connectivity index (χ1v) is 12.7. The zero-order chi connectivity index (χ0) is 24.5. The summed E-state index contributed by atoms with van der Waals surface area (Å²) in [6.07, 6.45) is -4.05. The molecular weight excluding hydrogens is 513 g/mol. The maximum Gasteiger partial charge on any atom is 0.416 e. The summed E-state index contributed by atoms with van der Waals surface area (Å²) < 4.78 is 71.0. The first-order chi connectivity index (χ1) is 16.0. The molecule has 1 aliphatic heterocycles. The average Bonchev–Trinajstić information content (AvgIpc) is 3.19. The van der Waals surface area contributed by atoms with E-state index >= 15 is 0 Å². The molecule has 1 aliphatic rings. The Hall–Kier alpha value is -2.60. The molecule has 180 valence electrons. The number of thiophene rings is 1. The summed E-state index contributed by atoms with van der Waals surface area (Å²) in [5, 5.41) is 2.72. The third-order valence-corrected chi connectivity index (χ3v) is 8.78. The lowest BCUT2D eigenvalue weighted by molar-refractivity contribution is -0.137. The van der Waals surface area contributed by atoms with Crippen molar-refractivity contribution >= 4 is 38.9 Å². The van der Waals surface area contributed by atoms with Crippen LogP contribution in [0.25, 0.3) is 0 Å². The second-order valence-corrected chi connectivity index (χ2v) is 11.3. The van der Waals surface area contributed by atoms with Gasteiger partial charge in [0, 0.05) is 13.1 Å². The predicted molar refractivity (Wildman–Crippen MR) is 121 cm³/mol. The fraction of sp³-hybridized carbons (Fsp3) is 0.227. The number of halogens is 4. The van der Waals surface area contributed by atoms with Crippen LogP contribution in [0, 0.1) is 0 Å². The van der Waals surface area contributed by atoms with E-state index in [2.05, 4.69) is 5.32 Å². The fourth-order valence-electron chi connectivity index (χ4n) is 3.32. The summed E-state index contributed by atoms with van der Waals surface area (Å²) in [5.74, 6) is -0.0313. The third-order valence-electron chi connectivity index (χ3n) is 5.17. The van der Waals surface area contributed by atoms with Crippen molar-refractivity contribution < 1.29 is 31.1 Å². The van der Waals surface area contributed by atoms with Crippen molar-refractivity contribution in [1.82, 2.24) is 9.62 Å². The second kappa shape index (κ2) is 9.57. The molecule has 4 rings (SSSR count).